The molecule has 0 amide bonds. The average Bonchev–Trinajstić information content (AvgIpc) is 3.54. The van der Waals surface area contributed by atoms with Crippen molar-refractivity contribution >= 4 is 27.6 Å². The van der Waals surface area contributed by atoms with Gasteiger partial charge in [0.1, 0.15) is 11.2 Å². The number of imidazole rings is 1. The molecular weight excluding hydrogens is 574 g/mol. The van der Waals surface area contributed by atoms with Crippen LogP contribution in [0.5, 0.6) is 0 Å². The van der Waals surface area contributed by atoms with Gasteiger partial charge in [0, 0.05) is 44.8 Å². The molecule has 0 fully saturated rings. The molecule has 4 heterocycles. The molecule has 0 aliphatic rings. The van der Waals surface area contributed by atoms with Gasteiger partial charge in [-0.1, -0.05) is 140 Å². The Kier molecular flexibility index (Phi) is 6.39. The van der Waals surface area contributed by atoms with Crippen LogP contribution in [-0.4, -0.2) is 24.3 Å². The fraction of sp³-hybridized carbons (Fsp3) is 0. The van der Waals surface area contributed by atoms with Gasteiger partial charge in [-0.05, 0) is 23.8 Å². The highest BCUT2D eigenvalue weighted by Crippen LogP contribution is 2.40. The zero-order chi connectivity index (χ0) is 31.2. The number of benzene rings is 5. The zero-order valence-electron chi connectivity index (χ0n) is 25.3. The van der Waals surface area contributed by atoms with Gasteiger partial charge in [-0.25, -0.2) is 19.9 Å². The number of fused-ring (bicyclic) bond motifs is 5. The Morgan fingerprint density at radius 2 is 0.936 bits per heavy atom. The Morgan fingerprint density at radius 1 is 0.383 bits per heavy atom. The van der Waals surface area contributed by atoms with Crippen molar-refractivity contribution in [3.63, 3.8) is 0 Å². The van der Waals surface area contributed by atoms with Crippen LogP contribution in [0.2, 0.25) is 0 Å². The molecule has 5 aromatic carbocycles. The van der Waals surface area contributed by atoms with Gasteiger partial charge in [-0.2, -0.15) is 0 Å². The largest absolute Gasteiger partial charge is 0.284 e. The summed E-state index contributed by atoms with van der Waals surface area (Å²) in [7, 11) is 0. The molecule has 0 N–H and O–H groups in total. The topological polar surface area (TPSA) is 56.0 Å². The van der Waals surface area contributed by atoms with E-state index in [1.807, 2.05) is 42.6 Å². The van der Waals surface area contributed by atoms with Crippen molar-refractivity contribution in [2.75, 3.05) is 0 Å². The van der Waals surface area contributed by atoms with Gasteiger partial charge in [0.05, 0.1) is 17.1 Å². The molecule has 0 saturated carbocycles. The summed E-state index contributed by atoms with van der Waals surface area (Å²) in [6.07, 6.45) is 2.02. The van der Waals surface area contributed by atoms with Crippen LogP contribution in [0.1, 0.15) is 0 Å². The predicted molar refractivity (Wildman–Crippen MR) is 191 cm³/mol. The summed E-state index contributed by atoms with van der Waals surface area (Å²) >= 11 is 0. The summed E-state index contributed by atoms with van der Waals surface area (Å²) in [5, 5.41) is 2.12. The van der Waals surface area contributed by atoms with Gasteiger partial charge in [0.2, 0.25) is 0 Å². The minimum absolute atomic E-state index is 0.657. The fourth-order valence-corrected chi connectivity index (χ4v) is 6.44. The highest BCUT2D eigenvalue weighted by Gasteiger charge is 2.21. The molecule has 0 aliphatic heterocycles. The number of rotatable bonds is 5. The Labute approximate surface area is 271 Å². The molecule has 0 spiro atoms. The van der Waals surface area contributed by atoms with E-state index in [9.17, 15) is 0 Å². The minimum Gasteiger partial charge on any atom is -0.284 e. The number of aromatic nitrogens is 5. The third-order valence-electron chi connectivity index (χ3n) is 8.62. The third-order valence-corrected chi connectivity index (χ3v) is 8.62. The molecule has 0 aliphatic carbocycles. The Balaban J connectivity index is 1.30. The van der Waals surface area contributed by atoms with Crippen LogP contribution in [-0.2, 0) is 0 Å². The van der Waals surface area contributed by atoms with Gasteiger partial charge in [-0.15, -0.1) is 0 Å². The first-order chi connectivity index (χ1) is 23.3. The van der Waals surface area contributed by atoms with Crippen LogP contribution in [0.15, 0.2) is 164 Å². The molecule has 5 nitrogen and oxygen atoms in total. The predicted octanol–water partition coefficient (Wildman–Crippen LogP) is 10.2. The first-order valence-electron chi connectivity index (χ1n) is 15.7. The van der Waals surface area contributed by atoms with Crippen molar-refractivity contribution in [1.29, 1.82) is 0 Å². The van der Waals surface area contributed by atoms with E-state index >= 15 is 0 Å². The van der Waals surface area contributed by atoms with Crippen molar-refractivity contribution in [3.05, 3.63) is 164 Å². The van der Waals surface area contributed by atoms with Crippen molar-refractivity contribution in [1.82, 2.24) is 24.3 Å². The second kappa shape index (κ2) is 11.2. The quantitative estimate of drug-likeness (QED) is 0.197. The number of hydrogen-bond donors (Lipinski definition) is 0. The van der Waals surface area contributed by atoms with Crippen molar-refractivity contribution in [2.45, 2.75) is 0 Å². The SMILES string of the molecule is c1ccc(-c2nc(-c3cccc(-c4nc5c(nc6ccccn65)c5ccccc45)c3)nc(-c3ccccc3)c2-c2ccccc2)cc1. The van der Waals surface area contributed by atoms with Crippen LogP contribution in [0, 0.1) is 0 Å². The molecule has 0 saturated heterocycles. The average molecular weight is 602 g/mol. The highest BCUT2D eigenvalue weighted by atomic mass is 15.1. The summed E-state index contributed by atoms with van der Waals surface area (Å²) in [5.41, 5.74) is 11.3. The lowest BCUT2D eigenvalue weighted by Gasteiger charge is -2.17. The highest BCUT2D eigenvalue weighted by molar-refractivity contribution is 6.09. The summed E-state index contributed by atoms with van der Waals surface area (Å²) in [6, 6.07) is 54.0. The molecule has 5 heteroatoms. The lowest BCUT2D eigenvalue weighted by atomic mass is 9.94. The number of pyridine rings is 2. The molecule has 0 radical (unpaired) electrons. The molecule has 47 heavy (non-hydrogen) atoms. The molecular formula is C42H27N5. The van der Waals surface area contributed by atoms with Crippen LogP contribution in [0.25, 0.3) is 83.9 Å². The lowest BCUT2D eigenvalue weighted by Crippen LogP contribution is -2.01. The van der Waals surface area contributed by atoms with Crippen LogP contribution in [0.4, 0.5) is 0 Å². The van der Waals surface area contributed by atoms with E-state index < -0.39 is 0 Å². The van der Waals surface area contributed by atoms with Gasteiger partial charge in [0.15, 0.2) is 11.5 Å². The second-order valence-corrected chi connectivity index (χ2v) is 11.5. The van der Waals surface area contributed by atoms with Gasteiger partial charge in [0.25, 0.3) is 0 Å². The molecule has 220 valence electrons. The Hall–Kier alpha value is -6.46. The maximum atomic E-state index is 5.31. The Bertz CT molecular complexity index is 2500. The van der Waals surface area contributed by atoms with Crippen LogP contribution < -0.4 is 0 Å². The lowest BCUT2D eigenvalue weighted by molar-refractivity contribution is 1.18. The van der Waals surface area contributed by atoms with E-state index in [2.05, 4.69) is 126 Å². The first-order valence-corrected chi connectivity index (χ1v) is 15.7. The second-order valence-electron chi connectivity index (χ2n) is 11.5. The van der Waals surface area contributed by atoms with E-state index in [0.717, 1.165) is 78.0 Å². The summed E-state index contributed by atoms with van der Waals surface area (Å²) in [5.74, 6) is 0.657. The standard InChI is InChI=1S/C42H27N5/c1-4-15-28(16-5-1)36-38(29-17-6-2-7-18-29)44-41(45-39(36)30-19-8-3-9-20-30)32-22-14-21-31(27-32)37-33-23-10-11-24-34(33)40-42(46-37)47-26-13-12-25-35(47)43-40/h1-27H. The number of nitrogens with zero attached hydrogens (tertiary/aromatic N) is 5. The molecule has 9 rings (SSSR count). The smallest absolute Gasteiger partial charge is 0.165 e. The van der Waals surface area contributed by atoms with E-state index in [1.54, 1.807) is 0 Å². The molecule has 9 aromatic rings. The fourth-order valence-electron chi connectivity index (χ4n) is 6.44. The van der Waals surface area contributed by atoms with E-state index in [1.165, 1.54) is 0 Å². The molecule has 0 bridgehead atoms. The van der Waals surface area contributed by atoms with E-state index in [4.69, 9.17) is 19.9 Å². The van der Waals surface area contributed by atoms with Crippen molar-refractivity contribution < 1.29 is 0 Å². The summed E-state index contributed by atoms with van der Waals surface area (Å²) < 4.78 is 2.05. The molecule has 0 unspecified atom stereocenters. The van der Waals surface area contributed by atoms with Gasteiger partial charge < -0.3 is 0 Å². The maximum absolute atomic E-state index is 5.31. The minimum atomic E-state index is 0.657. The maximum Gasteiger partial charge on any atom is 0.165 e. The third kappa shape index (κ3) is 4.64. The first kappa shape index (κ1) is 26.9. The van der Waals surface area contributed by atoms with E-state index in [0.29, 0.717) is 5.82 Å². The van der Waals surface area contributed by atoms with Crippen molar-refractivity contribution in [3.8, 4) is 56.3 Å². The Morgan fingerprint density at radius 3 is 1.62 bits per heavy atom. The normalized spacial score (nSPS) is 11.4. The molecule has 0 atom stereocenters. The van der Waals surface area contributed by atoms with E-state index in [-0.39, 0.29) is 0 Å². The zero-order valence-corrected chi connectivity index (χ0v) is 25.3. The van der Waals surface area contributed by atoms with Gasteiger partial charge >= 0.3 is 0 Å². The number of hydrogen-bond acceptors (Lipinski definition) is 4. The monoisotopic (exact) mass is 601 g/mol. The van der Waals surface area contributed by atoms with Crippen LogP contribution in [0.3, 0.4) is 0 Å². The van der Waals surface area contributed by atoms with Crippen molar-refractivity contribution in [2.24, 2.45) is 0 Å². The summed E-state index contributed by atoms with van der Waals surface area (Å²) in [6.45, 7) is 0. The molecule has 4 aromatic heterocycles. The van der Waals surface area contributed by atoms with Crippen LogP contribution >= 0.6 is 0 Å². The van der Waals surface area contributed by atoms with Gasteiger partial charge in [-0.3, -0.25) is 4.40 Å². The summed E-state index contributed by atoms with van der Waals surface area (Å²) in [4.78, 5) is 20.8.